The van der Waals surface area contributed by atoms with Gasteiger partial charge in [0.1, 0.15) is 24.3 Å². The molecular weight excluding hydrogens is 493 g/mol. The fourth-order valence-corrected chi connectivity index (χ4v) is 4.89. The molecule has 3 aromatic heterocycles. The number of hydrogen-bond donors (Lipinski definition) is 2. The van der Waals surface area contributed by atoms with Gasteiger partial charge in [0.25, 0.3) is 0 Å². The van der Waals surface area contributed by atoms with Crippen LogP contribution < -0.4 is 5.32 Å². The SMILES string of the molecule is Cc1nc(CNC(=O)Cn2c(-c3ncco3)cc3cc(F)ccc32)ccc1-c1ccc(S(C)(=N)=O)cc1. The molecule has 0 aliphatic rings. The number of rotatable bonds is 7. The number of carbonyl (C=O) groups is 1. The maximum atomic E-state index is 13.8. The van der Waals surface area contributed by atoms with Crippen LogP contribution in [0.3, 0.4) is 0 Å². The van der Waals surface area contributed by atoms with Gasteiger partial charge in [0, 0.05) is 33.3 Å². The number of amides is 1. The Hall–Kier alpha value is -4.31. The van der Waals surface area contributed by atoms with Crippen LogP contribution in [0.15, 0.2) is 82.4 Å². The highest BCUT2D eigenvalue weighted by Gasteiger charge is 2.17. The molecule has 0 radical (unpaired) electrons. The molecular formula is C27H24FN5O3S. The summed E-state index contributed by atoms with van der Waals surface area (Å²) in [5.41, 5.74) is 4.57. The molecule has 8 nitrogen and oxygen atoms in total. The Morgan fingerprint density at radius 3 is 2.59 bits per heavy atom. The van der Waals surface area contributed by atoms with Crippen LogP contribution in [0.2, 0.25) is 0 Å². The van der Waals surface area contributed by atoms with E-state index in [4.69, 9.17) is 9.20 Å². The van der Waals surface area contributed by atoms with E-state index in [0.29, 0.717) is 33.1 Å². The maximum absolute atomic E-state index is 13.8. The normalized spacial score (nSPS) is 12.9. The lowest BCUT2D eigenvalue weighted by molar-refractivity contribution is -0.121. The number of carbonyl (C=O) groups excluding carboxylic acids is 1. The Kier molecular flexibility index (Phi) is 6.34. The first-order valence-corrected chi connectivity index (χ1v) is 13.4. The third kappa shape index (κ3) is 5.14. The minimum absolute atomic E-state index is 0.00706. The molecule has 0 bridgehead atoms. The second-order valence-corrected chi connectivity index (χ2v) is 10.9. The average Bonchev–Trinajstić information content (AvgIpc) is 3.50. The van der Waals surface area contributed by atoms with Crippen molar-refractivity contribution in [3.63, 3.8) is 0 Å². The zero-order chi connectivity index (χ0) is 26.2. The van der Waals surface area contributed by atoms with Crippen molar-refractivity contribution in [3.8, 4) is 22.7 Å². The molecule has 0 spiro atoms. The quantitative estimate of drug-likeness (QED) is 0.310. The van der Waals surface area contributed by atoms with E-state index in [1.54, 1.807) is 28.8 Å². The third-order valence-electron chi connectivity index (χ3n) is 6.04. The van der Waals surface area contributed by atoms with Crippen LogP contribution >= 0.6 is 0 Å². The molecule has 0 saturated carbocycles. The zero-order valence-corrected chi connectivity index (χ0v) is 21.0. The molecule has 5 rings (SSSR count). The van der Waals surface area contributed by atoms with Crippen LogP contribution in [0.25, 0.3) is 33.6 Å². The van der Waals surface area contributed by atoms with Gasteiger partial charge >= 0.3 is 0 Å². The van der Waals surface area contributed by atoms with Crippen molar-refractivity contribution >= 4 is 26.5 Å². The van der Waals surface area contributed by atoms with Gasteiger partial charge in [0.15, 0.2) is 0 Å². The number of pyridine rings is 1. The predicted octanol–water partition coefficient (Wildman–Crippen LogP) is 5.16. The van der Waals surface area contributed by atoms with Crippen molar-refractivity contribution < 1.29 is 17.8 Å². The smallest absolute Gasteiger partial charge is 0.243 e. The highest BCUT2D eigenvalue weighted by Crippen LogP contribution is 2.28. The Bertz CT molecular complexity index is 1710. The van der Waals surface area contributed by atoms with Gasteiger partial charge in [-0.3, -0.25) is 9.78 Å². The minimum Gasteiger partial charge on any atom is -0.443 e. The lowest BCUT2D eigenvalue weighted by Gasteiger charge is -2.12. The van der Waals surface area contributed by atoms with E-state index in [0.717, 1.165) is 16.8 Å². The number of oxazole rings is 1. The number of hydrogen-bond acceptors (Lipinski definition) is 6. The van der Waals surface area contributed by atoms with Crippen LogP contribution in [0.5, 0.6) is 0 Å². The molecule has 0 saturated heterocycles. The Labute approximate surface area is 213 Å². The number of nitrogens with one attached hydrogen (secondary N) is 2. The molecule has 1 atom stereocenters. The van der Waals surface area contributed by atoms with Crippen molar-refractivity contribution in [1.29, 1.82) is 4.78 Å². The summed E-state index contributed by atoms with van der Waals surface area (Å²) < 4.78 is 40.6. The standard InChI is InChI=1S/C27H24FN5O3S/c1-17-23(18-3-7-22(8-4-18)37(2,29)35)9-6-21(32-17)15-31-26(34)16-33-24-10-5-20(28)13-19(24)14-25(33)27-30-11-12-36-27/h3-14,29H,15-16H2,1-2H3,(H,31,34). The van der Waals surface area contributed by atoms with Gasteiger partial charge in [-0.25, -0.2) is 18.4 Å². The molecule has 0 aliphatic carbocycles. The topological polar surface area (TPSA) is 114 Å². The van der Waals surface area contributed by atoms with E-state index in [1.807, 2.05) is 31.2 Å². The van der Waals surface area contributed by atoms with Gasteiger partial charge < -0.3 is 14.3 Å². The van der Waals surface area contributed by atoms with Crippen LogP contribution in [0.1, 0.15) is 11.4 Å². The fraction of sp³-hybridized carbons (Fsp3) is 0.148. The Balaban J connectivity index is 1.31. The highest BCUT2D eigenvalue weighted by molar-refractivity contribution is 7.91. The van der Waals surface area contributed by atoms with Crippen LogP contribution in [0, 0.1) is 17.5 Å². The van der Waals surface area contributed by atoms with E-state index in [2.05, 4.69) is 15.3 Å². The van der Waals surface area contributed by atoms with E-state index in [1.165, 1.54) is 30.8 Å². The summed E-state index contributed by atoms with van der Waals surface area (Å²) in [5.74, 6) is -0.267. The van der Waals surface area contributed by atoms with Gasteiger partial charge in [-0.2, -0.15) is 0 Å². The van der Waals surface area contributed by atoms with Crippen molar-refractivity contribution in [2.24, 2.45) is 0 Å². The molecule has 0 fully saturated rings. The molecule has 1 amide bonds. The lowest BCUT2D eigenvalue weighted by atomic mass is 10.0. The number of aromatic nitrogens is 3. The first-order valence-electron chi connectivity index (χ1n) is 11.4. The molecule has 188 valence electrons. The predicted molar refractivity (Wildman–Crippen MR) is 139 cm³/mol. The van der Waals surface area contributed by atoms with E-state index >= 15 is 0 Å². The Morgan fingerprint density at radius 1 is 1.14 bits per heavy atom. The molecule has 10 heteroatoms. The second kappa shape index (κ2) is 9.62. The molecule has 2 N–H and O–H groups in total. The van der Waals surface area contributed by atoms with Gasteiger partial charge in [0.2, 0.25) is 11.8 Å². The molecule has 2 aromatic carbocycles. The number of nitrogens with zero attached hydrogens (tertiary/aromatic N) is 3. The zero-order valence-electron chi connectivity index (χ0n) is 20.2. The van der Waals surface area contributed by atoms with Crippen LogP contribution in [0.4, 0.5) is 4.39 Å². The summed E-state index contributed by atoms with van der Waals surface area (Å²) >= 11 is 0. The summed E-state index contributed by atoms with van der Waals surface area (Å²) in [4.78, 5) is 22.2. The molecule has 3 heterocycles. The summed E-state index contributed by atoms with van der Waals surface area (Å²) in [6.07, 6.45) is 4.35. The number of fused-ring (bicyclic) bond motifs is 1. The summed E-state index contributed by atoms with van der Waals surface area (Å²) in [6, 6.07) is 17.0. The third-order valence-corrected chi connectivity index (χ3v) is 7.21. The Morgan fingerprint density at radius 2 is 1.92 bits per heavy atom. The van der Waals surface area contributed by atoms with E-state index in [9.17, 15) is 13.4 Å². The van der Waals surface area contributed by atoms with E-state index in [-0.39, 0.29) is 24.8 Å². The minimum atomic E-state index is -2.77. The summed E-state index contributed by atoms with van der Waals surface area (Å²) in [7, 11) is -2.77. The molecule has 37 heavy (non-hydrogen) atoms. The van der Waals surface area contributed by atoms with E-state index < -0.39 is 9.73 Å². The monoisotopic (exact) mass is 517 g/mol. The first kappa shape index (κ1) is 24.4. The van der Waals surface area contributed by atoms with Gasteiger partial charge in [0.05, 0.1) is 28.2 Å². The lowest BCUT2D eigenvalue weighted by Crippen LogP contribution is -2.27. The van der Waals surface area contributed by atoms with Crippen LogP contribution in [-0.4, -0.2) is 30.9 Å². The number of halogens is 1. The number of aryl methyl sites for hydroxylation is 1. The van der Waals surface area contributed by atoms with Crippen molar-refractivity contribution in [1.82, 2.24) is 19.9 Å². The highest BCUT2D eigenvalue weighted by atomic mass is 32.2. The van der Waals surface area contributed by atoms with Crippen LogP contribution in [-0.2, 0) is 27.6 Å². The first-order chi connectivity index (χ1) is 17.7. The van der Waals surface area contributed by atoms with Crippen molar-refractivity contribution in [2.45, 2.75) is 24.9 Å². The molecule has 1 unspecified atom stereocenters. The number of benzene rings is 2. The largest absolute Gasteiger partial charge is 0.443 e. The molecule has 0 aliphatic heterocycles. The second-order valence-electron chi connectivity index (χ2n) is 8.74. The molecule has 5 aromatic rings. The van der Waals surface area contributed by atoms with Gasteiger partial charge in [-0.05, 0) is 55.0 Å². The van der Waals surface area contributed by atoms with Crippen molar-refractivity contribution in [2.75, 3.05) is 6.26 Å². The van der Waals surface area contributed by atoms with Gasteiger partial charge in [-0.15, -0.1) is 0 Å². The fourth-order valence-electron chi connectivity index (χ4n) is 4.24. The summed E-state index contributed by atoms with van der Waals surface area (Å²) in [6.45, 7) is 2.11. The average molecular weight is 518 g/mol. The van der Waals surface area contributed by atoms with Crippen molar-refractivity contribution in [3.05, 3.63) is 90.3 Å². The maximum Gasteiger partial charge on any atom is 0.243 e. The summed E-state index contributed by atoms with van der Waals surface area (Å²) in [5, 5.41) is 3.54. The van der Waals surface area contributed by atoms with Gasteiger partial charge in [-0.1, -0.05) is 18.2 Å².